The number of anilines is 1. The van der Waals surface area contributed by atoms with E-state index in [1.807, 2.05) is 6.92 Å². The molecule has 0 amide bonds. The van der Waals surface area contributed by atoms with Gasteiger partial charge in [-0.3, -0.25) is 5.84 Å². The van der Waals surface area contributed by atoms with Gasteiger partial charge in [-0.05, 0) is 19.1 Å². The molecule has 116 valence electrons. The predicted octanol–water partition coefficient (Wildman–Crippen LogP) is 3.12. The molecule has 4 nitrogen and oxygen atoms in total. The van der Waals surface area contributed by atoms with Crippen LogP contribution in [0.3, 0.4) is 0 Å². The van der Waals surface area contributed by atoms with Crippen LogP contribution in [0.1, 0.15) is 6.92 Å². The molecule has 0 aliphatic carbocycles. The van der Waals surface area contributed by atoms with Crippen LogP contribution in [0.4, 0.5) is 25.2 Å². The van der Waals surface area contributed by atoms with Crippen molar-refractivity contribution < 1.29 is 19.4 Å². The summed E-state index contributed by atoms with van der Waals surface area (Å²) in [6, 6.07) is 1.29. The zero-order chi connectivity index (χ0) is 15.2. The van der Waals surface area contributed by atoms with Gasteiger partial charge >= 0.3 is 10.2 Å². The molecule has 0 spiro atoms. The summed E-state index contributed by atoms with van der Waals surface area (Å²) >= 11 is 0. The lowest BCUT2D eigenvalue weighted by Crippen LogP contribution is -2.54. The third-order valence-electron chi connectivity index (χ3n) is 3.12. The summed E-state index contributed by atoms with van der Waals surface area (Å²) in [4.78, 5) is 3.29. The Kier molecular flexibility index (Phi) is 3.02. The molecule has 20 heavy (non-hydrogen) atoms. The van der Waals surface area contributed by atoms with Crippen molar-refractivity contribution in [3.63, 3.8) is 0 Å². The lowest BCUT2D eigenvalue weighted by Gasteiger charge is -2.41. The zero-order valence-corrected chi connectivity index (χ0v) is 11.5. The number of hydrazine groups is 1. The Hall–Kier alpha value is -1.13. The van der Waals surface area contributed by atoms with Gasteiger partial charge in [-0.2, -0.15) is 0 Å². The number of nitrogens with two attached hydrogens (primary N) is 1. The second-order valence-corrected chi connectivity index (χ2v) is 7.27. The summed E-state index contributed by atoms with van der Waals surface area (Å²) in [5, 5.41) is 1.59. The molecule has 2 N–H and O–H groups in total. The van der Waals surface area contributed by atoms with Gasteiger partial charge in [-0.15, -0.1) is 0 Å². The molecular weight excluding hydrogens is 303 g/mol. The van der Waals surface area contributed by atoms with E-state index in [4.69, 9.17) is 5.84 Å². The van der Waals surface area contributed by atoms with E-state index < -0.39 is 15.1 Å². The zero-order valence-electron chi connectivity index (χ0n) is 10.6. The second kappa shape index (κ2) is 3.95. The monoisotopic (exact) mass is 318 g/mol. The van der Waals surface area contributed by atoms with E-state index in [2.05, 4.69) is 4.98 Å². The van der Waals surface area contributed by atoms with Gasteiger partial charge in [0.05, 0.1) is 6.20 Å². The van der Waals surface area contributed by atoms with Gasteiger partial charge in [0.1, 0.15) is 10.7 Å². The minimum absolute atomic E-state index is 0.0629. The van der Waals surface area contributed by atoms with Crippen molar-refractivity contribution in [2.75, 3.05) is 24.5 Å². The van der Waals surface area contributed by atoms with Crippen molar-refractivity contribution >= 4 is 16.0 Å². The van der Waals surface area contributed by atoms with E-state index in [-0.39, 0.29) is 18.1 Å². The first-order valence-corrected chi connectivity index (χ1v) is 7.78. The SMILES string of the molecule is CC1CN(N)CCN1c1ccc(S(F)(F)(F)(F)F)cn1. The molecule has 1 unspecified atom stereocenters. The van der Waals surface area contributed by atoms with Crippen LogP contribution in [-0.4, -0.2) is 35.7 Å². The van der Waals surface area contributed by atoms with Gasteiger partial charge in [0.2, 0.25) is 0 Å². The van der Waals surface area contributed by atoms with Crippen molar-refractivity contribution in [1.82, 2.24) is 9.99 Å². The Balaban J connectivity index is 2.26. The van der Waals surface area contributed by atoms with E-state index in [1.165, 1.54) is 0 Å². The summed E-state index contributed by atoms with van der Waals surface area (Å²) in [6.45, 7) is 3.35. The molecule has 2 rings (SSSR count). The molecule has 1 aliphatic rings. The van der Waals surface area contributed by atoms with E-state index in [0.29, 0.717) is 25.7 Å². The molecule has 0 aromatic carbocycles. The third kappa shape index (κ3) is 3.30. The number of pyridine rings is 1. The summed E-state index contributed by atoms with van der Waals surface area (Å²) in [5.41, 5.74) is 0. The Morgan fingerprint density at radius 2 is 1.85 bits per heavy atom. The van der Waals surface area contributed by atoms with Crippen molar-refractivity contribution in [1.29, 1.82) is 0 Å². The number of hydrogen-bond acceptors (Lipinski definition) is 4. The molecule has 1 saturated heterocycles. The lowest BCUT2D eigenvalue weighted by atomic mass is 10.2. The maximum atomic E-state index is 12.6. The van der Waals surface area contributed by atoms with E-state index in [9.17, 15) is 19.4 Å². The molecule has 1 atom stereocenters. The van der Waals surface area contributed by atoms with Gasteiger partial charge in [0.25, 0.3) is 0 Å². The van der Waals surface area contributed by atoms with Gasteiger partial charge in [0.15, 0.2) is 0 Å². The van der Waals surface area contributed by atoms with Crippen LogP contribution in [0.5, 0.6) is 0 Å². The molecule has 1 aromatic heterocycles. The van der Waals surface area contributed by atoms with Crippen LogP contribution < -0.4 is 10.7 Å². The van der Waals surface area contributed by atoms with E-state index >= 15 is 0 Å². The van der Waals surface area contributed by atoms with Crippen molar-refractivity contribution in [3.05, 3.63) is 18.3 Å². The average Bonchev–Trinajstić information content (AvgIpc) is 2.26. The highest BCUT2D eigenvalue weighted by Crippen LogP contribution is 3.02. The normalized spacial score (nSPS) is 25.1. The van der Waals surface area contributed by atoms with Gasteiger partial charge in [-0.1, -0.05) is 19.4 Å². The summed E-state index contributed by atoms with van der Waals surface area (Å²) in [7, 11) is -9.65. The largest absolute Gasteiger partial charge is 0.351 e. The smallest absolute Gasteiger partial charge is 0.311 e. The average molecular weight is 318 g/mol. The molecule has 1 aliphatic heterocycles. The first kappa shape index (κ1) is 15.3. The van der Waals surface area contributed by atoms with E-state index in [0.717, 1.165) is 6.07 Å². The van der Waals surface area contributed by atoms with E-state index in [1.54, 1.807) is 9.91 Å². The van der Waals surface area contributed by atoms with Gasteiger partial charge in [-0.25, -0.2) is 9.99 Å². The third-order valence-corrected chi connectivity index (χ3v) is 4.25. The topological polar surface area (TPSA) is 45.4 Å². The Bertz CT molecular complexity index is 502. The van der Waals surface area contributed by atoms with Crippen LogP contribution in [0.15, 0.2) is 23.2 Å². The molecule has 1 fully saturated rings. The number of piperazine rings is 1. The van der Waals surface area contributed by atoms with Crippen molar-refractivity contribution in [3.8, 4) is 0 Å². The Labute approximate surface area is 113 Å². The standard InChI is InChI=1S/C10H15F5N4S/c1-8-7-18(16)4-5-19(8)10-3-2-9(6-17-10)20(11,12,13,14)15/h2-3,6,8H,4-5,7,16H2,1H3. The summed E-state index contributed by atoms with van der Waals surface area (Å²) in [6.07, 6.45) is 0.193. The molecule has 2 heterocycles. The van der Waals surface area contributed by atoms with Crippen LogP contribution in [0, 0.1) is 0 Å². The summed E-state index contributed by atoms with van der Waals surface area (Å²) in [5.74, 6) is 5.86. The number of rotatable bonds is 2. The first-order chi connectivity index (χ1) is 8.86. The van der Waals surface area contributed by atoms with Crippen LogP contribution in [-0.2, 0) is 0 Å². The fraction of sp³-hybridized carbons (Fsp3) is 0.500. The Morgan fingerprint density at radius 1 is 1.20 bits per heavy atom. The minimum Gasteiger partial charge on any atom is -0.351 e. The second-order valence-electron chi connectivity index (χ2n) is 4.86. The van der Waals surface area contributed by atoms with Crippen molar-refractivity contribution in [2.24, 2.45) is 5.84 Å². The maximum Gasteiger partial charge on any atom is 0.311 e. The first-order valence-electron chi connectivity index (χ1n) is 5.83. The summed E-state index contributed by atoms with van der Waals surface area (Å²) < 4.78 is 62.9. The highest BCUT2D eigenvalue weighted by molar-refractivity contribution is 8.45. The number of halogens is 5. The maximum absolute atomic E-state index is 12.6. The molecular formula is C10H15F5N4S. The van der Waals surface area contributed by atoms with Crippen LogP contribution in [0.2, 0.25) is 0 Å². The van der Waals surface area contributed by atoms with Crippen LogP contribution in [0.25, 0.3) is 0 Å². The predicted molar refractivity (Wildman–Crippen MR) is 68.2 cm³/mol. The number of aromatic nitrogens is 1. The molecule has 1 aromatic rings. The fourth-order valence-corrected chi connectivity index (χ4v) is 2.67. The fourth-order valence-electron chi connectivity index (χ4n) is 2.10. The minimum atomic E-state index is -9.65. The van der Waals surface area contributed by atoms with Gasteiger partial charge in [0, 0.05) is 25.7 Å². The molecule has 0 bridgehead atoms. The quantitative estimate of drug-likeness (QED) is 0.672. The number of nitrogens with zero attached hydrogens (tertiary/aromatic N) is 3. The molecule has 0 saturated carbocycles. The van der Waals surface area contributed by atoms with Crippen molar-refractivity contribution in [2.45, 2.75) is 17.9 Å². The van der Waals surface area contributed by atoms with Crippen LogP contribution >= 0.6 is 10.2 Å². The lowest BCUT2D eigenvalue weighted by molar-refractivity contribution is 0.234. The Morgan fingerprint density at radius 3 is 2.30 bits per heavy atom. The number of hydrogen-bond donors (Lipinski definition) is 1. The molecule has 0 radical (unpaired) electrons. The highest BCUT2D eigenvalue weighted by Gasteiger charge is 2.65. The van der Waals surface area contributed by atoms with Gasteiger partial charge < -0.3 is 4.90 Å². The molecule has 10 heteroatoms. The highest BCUT2D eigenvalue weighted by atomic mass is 32.5.